The van der Waals surface area contributed by atoms with Crippen molar-refractivity contribution < 1.29 is 14.7 Å². The normalized spacial score (nSPS) is 25.8. The van der Waals surface area contributed by atoms with E-state index >= 15 is 0 Å². The molecule has 0 aromatic carbocycles. The predicted octanol–water partition coefficient (Wildman–Crippen LogP) is 2.29. The van der Waals surface area contributed by atoms with Crippen molar-refractivity contribution in [1.29, 1.82) is 0 Å². The van der Waals surface area contributed by atoms with Gasteiger partial charge >= 0.3 is 5.97 Å². The highest BCUT2D eigenvalue weighted by Gasteiger charge is 2.44. The number of thioether (sulfide) groups is 1. The molecule has 3 unspecified atom stereocenters. The van der Waals surface area contributed by atoms with E-state index in [4.69, 9.17) is 0 Å². The van der Waals surface area contributed by atoms with Gasteiger partial charge < -0.3 is 10.0 Å². The molecular formula is C13H23NO3S. The molecule has 104 valence electrons. The van der Waals surface area contributed by atoms with Gasteiger partial charge in [0.25, 0.3) is 0 Å². The number of aliphatic carboxylic acids is 1. The molecule has 18 heavy (non-hydrogen) atoms. The quantitative estimate of drug-likeness (QED) is 0.854. The molecule has 0 aromatic rings. The van der Waals surface area contributed by atoms with E-state index in [1.54, 1.807) is 16.7 Å². The van der Waals surface area contributed by atoms with Crippen LogP contribution in [0.1, 0.15) is 34.6 Å². The first-order chi connectivity index (χ1) is 8.27. The van der Waals surface area contributed by atoms with E-state index in [1.165, 1.54) is 0 Å². The summed E-state index contributed by atoms with van der Waals surface area (Å²) in [6.45, 7) is 9.93. The van der Waals surface area contributed by atoms with Crippen LogP contribution in [0.2, 0.25) is 0 Å². The Morgan fingerprint density at radius 2 is 1.78 bits per heavy atom. The summed E-state index contributed by atoms with van der Waals surface area (Å²) in [6.07, 6.45) is 0. The number of rotatable bonds is 4. The molecule has 1 N–H and O–H groups in total. The Morgan fingerprint density at radius 1 is 1.22 bits per heavy atom. The van der Waals surface area contributed by atoms with Crippen molar-refractivity contribution >= 4 is 23.6 Å². The molecule has 1 aliphatic rings. The zero-order chi connectivity index (χ0) is 14.0. The largest absolute Gasteiger partial charge is 0.480 e. The van der Waals surface area contributed by atoms with Crippen LogP contribution in [0.3, 0.4) is 0 Å². The maximum absolute atomic E-state index is 12.5. The first kappa shape index (κ1) is 15.3. The Bertz CT molecular complexity index is 330. The van der Waals surface area contributed by atoms with E-state index in [2.05, 4.69) is 0 Å². The number of carboxylic acid groups (broad SMARTS) is 1. The van der Waals surface area contributed by atoms with Gasteiger partial charge in [-0.05, 0) is 11.8 Å². The van der Waals surface area contributed by atoms with Crippen LogP contribution in [0.4, 0.5) is 0 Å². The SMILES string of the molecule is CC(C)C(C)C(=O)N1C(C(=O)O)CSC1C(C)C. The van der Waals surface area contributed by atoms with Crippen molar-refractivity contribution in [3.05, 3.63) is 0 Å². The molecule has 1 heterocycles. The molecule has 0 bridgehead atoms. The summed E-state index contributed by atoms with van der Waals surface area (Å²) in [5.41, 5.74) is 0. The molecule has 1 aliphatic heterocycles. The first-order valence-corrected chi connectivity index (χ1v) is 7.48. The van der Waals surface area contributed by atoms with Crippen molar-refractivity contribution in [2.24, 2.45) is 17.8 Å². The van der Waals surface area contributed by atoms with E-state index in [9.17, 15) is 14.7 Å². The second-order valence-corrected chi connectivity index (χ2v) is 6.75. The molecule has 3 atom stereocenters. The lowest BCUT2D eigenvalue weighted by Crippen LogP contribution is -2.49. The molecule has 4 nitrogen and oxygen atoms in total. The fraction of sp³-hybridized carbons (Fsp3) is 0.846. The monoisotopic (exact) mass is 273 g/mol. The molecule has 1 saturated heterocycles. The summed E-state index contributed by atoms with van der Waals surface area (Å²) >= 11 is 1.58. The number of hydrogen-bond donors (Lipinski definition) is 1. The van der Waals surface area contributed by atoms with Gasteiger partial charge in [0.2, 0.25) is 5.91 Å². The number of carbonyl (C=O) groups excluding carboxylic acids is 1. The second kappa shape index (κ2) is 5.95. The summed E-state index contributed by atoms with van der Waals surface area (Å²) in [6, 6.07) is -0.670. The summed E-state index contributed by atoms with van der Waals surface area (Å²) in [4.78, 5) is 25.3. The molecule has 0 aromatic heterocycles. The van der Waals surface area contributed by atoms with Crippen molar-refractivity contribution in [2.45, 2.75) is 46.0 Å². The van der Waals surface area contributed by atoms with Gasteiger partial charge in [-0.15, -0.1) is 11.8 Å². The third-order valence-electron chi connectivity index (χ3n) is 3.53. The van der Waals surface area contributed by atoms with Gasteiger partial charge in [0.1, 0.15) is 6.04 Å². The van der Waals surface area contributed by atoms with Crippen LogP contribution in [0.5, 0.6) is 0 Å². The van der Waals surface area contributed by atoms with E-state index in [1.807, 2.05) is 34.6 Å². The van der Waals surface area contributed by atoms with Crippen LogP contribution in [-0.2, 0) is 9.59 Å². The maximum Gasteiger partial charge on any atom is 0.327 e. The number of amides is 1. The zero-order valence-corrected chi connectivity index (χ0v) is 12.5. The van der Waals surface area contributed by atoms with Gasteiger partial charge in [-0.3, -0.25) is 4.79 Å². The fourth-order valence-corrected chi connectivity index (χ4v) is 3.51. The Balaban J connectivity index is 2.96. The summed E-state index contributed by atoms with van der Waals surface area (Å²) in [5, 5.41) is 9.23. The molecule has 1 fully saturated rings. The molecule has 1 amide bonds. The van der Waals surface area contributed by atoms with Gasteiger partial charge in [0.05, 0.1) is 5.37 Å². The van der Waals surface area contributed by atoms with Crippen LogP contribution < -0.4 is 0 Å². The molecule has 5 heteroatoms. The van der Waals surface area contributed by atoms with E-state index in [0.29, 0.717) is 5.75 Å². The highest BCUT2D eigenvalue weighted by atomic mass is 32.2. The Hall–Kier alpha value is -0.710. The average molecular weight is 273 g/mol. The van der Waals surface area contributed by atoms with Crippen molar-refractivity contribution in [3.8, 4) is 0 Å². The number of nitrogens with zero attached hydrogens (tertiary/aromatic N) is 1. The van der Waals surface area contributed by atoms with E-state index < -0.39 is 12.0 Å². The number of carboxylic acids is 1. The topological polar surface area (TPSA) is 57.6 Å². The van der Waals surface area contributed by atoms with Gasteiger partial charge in [0, 0.05) is 11.7 Å². The number of carbonyl (C=O) groups is 2. The highest BCUT2D eigenvalue weighted by Crippen LogP contribution is 2.35. The molecular weight excluding hydrogens is 250 g/mol. The van der Waals surface area contributed by atoms with Crippen LogP contribution in [0.25, 0.3) is 0 Å². The smallest absolute Gasteiger partial charge is 0.327 e. The molecule has 0 saturated carbocycles. The number of hydrogen-bond acceptors (Lipinski definition) is 3. The van der Waals surface area contributed by atoms with Gasteiger partial charge in [-0.2, -0.15) is 0 Å². The average Bonchev–Trinajstić information content (AvgIpc) is 2.71. The van der Waals surface area contributed by atoms with E-state index in [0.717, 1.165) is 0 Å². The minimum absolute atomic E-state index is 0.0141. The molecule has 0 radical (unpaired) electrons. The summed E-state index contributed by atoms with van der Waals surface area (Å²) < 4.78 is 0. The first-order valence-electron chi connectivity index (χ1n) is 6.44. The van der Waals surface area contributed by atoms with Crippen molar-refractivity contribution in [2.75, 3.05) is 5.75 Å². The summed E-state index contributed by atoms with van der Waals surface area (Å²) in [5.74, 6) is -0.0646. The lowest BCUT2D eigenvalue weighted by Gasteiger charge is -2.32. The third-order valence-corrected chi connectivity index (χ3v) is 5.16. The van der Waals surface area contributed by atoms with Crippen LogP contribution >= 0.6 is 11.8 Å². The van der Waals surface area contributed by atoms with Crippen molar-refractivity contribution in [1.82, 2.24) is 4.90 Å². The summed E-state index contributed by atoms with van der Waals surface area (Å²) in [7, 11) is 0. The second-order valence-electron chi connectivity index (χ2n) is 5.60. The Labute approximate surface area is 113 Å². The predicted molar refractivity (Wildman–Crippen MR) is 73.4 cm³/mol. The fourth-order valence-electron chi connectivity index (χ4n) is 2.03. The van der Waals surface area contributed by atoms with Gasteiger partial charge in [0.15, 0.2) is 0 Å². The molecule has 1 rings (SSSR count). The highest BCUT2D eigenvalue weighted by molar-refractivity contribution is 8.00. The molecule has 0 spiro atoms. The zero-order valence-electron chi connectivity index (χ0n) is 11.7. The lowest BCUT2D eigenvalue weighted by atomic mass is 9.95. The standard InChI is InChI=1S/C13H23NO3S/c1-7(2)9(5)11(15)14-10(13(16)17)6-18-12(14)8(3)4/h7-10,12H,6H2,1-5H3,(H,16,17). The third kappa shape index (κ3) is 2.99. The molecule has 0 aliphatic carbocycles. The minimum atomic E-state index is -0.894. The van der Waals surface area contributed by atoms with Crippen molar-refractivity contribution in [3.63, 3.8) is 0 Å². The Kier molecular flexibility index (Phi) is 5.08. The van der Waals surface area contributed by atoms with Crippen LogP contribution in [0.15, 0.2) is 0 Å². The lowest BCUT2D eigenvalue weighted by molar-refractivity contribution is -0.151. The van der Waals surface area contributed by atoms with E-state index in [-0.39, 0.29) is 29.0 Å². The van der Waals surface area contributed by atoms with Crippen LogP contribution in [-0.4, -0.2) is 39.1 Å². The van der Waals surface area contributed by atoms with Gasteiger partial charge in [-0.1, -0.05) is 34.6 Å². The van der Waals surface area contributed by atoms with Crippen LogP contribution in [0, 0.1) is 17.8 Å². The van der Waals surface area contributed by atoms with Gasteiger partial charge in [-0.25, -0.2) is 4.79 Å². The maximum atomic E-state index is 12.5. The minimum Gasteiger partial charge on any atom is -0.480 e. The Morgan fingerprint density at radius 3 is 2.17 bits per heavy atom.